The Labute approximate surface area is 123 Å². The molecule has 21 heavy (non-hydrogen) atoms. The molecule has 0 aliphatic carbocycles. The molecule has 3 rings (SSSR count). The van der Waals surface area contributed by atoms with E-state index in [-0.39, 0.29) is 5.91 Å². The highest BCUT2D eigenvalue weighted by atomic mass is 16.1. The molecule has 1 aromatic heterocycles. The molecule has 0 aliphatic heterocycles. The van der Waals surface area contributed by atoms with Crippen LogP contribution in [-0.2, 0) is 13.0 Å². The smallest absolute Gasteiger partial charge is 0.251 e. The zero-order chi connectivity index (χ0) is 14.7. The van der Waals surface area contributed by atoms with Gasteiger partial charge in [-0.2, -0.15) is 0 Å². The minimum Gasteiger partial charge on any atom is -0.348 e. The van der Waals surface area contributed by atoms with Crippen LogP contribution in [0.2, 0.25) is 0 Å². The first-order chi connectivity index (χ1) is 10.3. The average Bonchev–Trinajstić information content (AvgIpc) is 3.00. The van der Waals surface area contributed by atoms with E-state index >= 15 is 0 Å². The van der Waals surface area contributed by atoms with Crippen LogP contribution < -0.4 is 5.32 Å². The first-order valence-electron chi connectivity index (χ1n) is 7.06. The summed E-state index contributed by atoms with van der Waals surface area (Å²) in [6, 6.07) is 13.6. The topological polar surface area (TPSA) is 57.8 Å². The molecule has 106 valence electrons. The molecule has 4 nitrogen and oxygen atoms in total. The van der Waals surface area contributed by atoms with Crippen LogP contribution in [-0.4, -0.2) is 15.9 Å². The van der Waals surface area contributed by atoms with Crippen molar-refractivity contribution in [2.75, 3.05) is 0 Å². The maximum absolute atomic E-state index is 12.2. The van der Waals surface area contributed by atoms with Crippen molar-refractivity contribution in [1.82, 2.24) is 15.3 Å². The fraction of sp³-hybridized carbons (Fsp3) is 0.176. The Kier molecular flexibility index (Phi) is 3.69. The molecule has 1 heterocycles. The van der Waals surface area contributed by atoms with Crippen LogP contribution in [0.5, 0.6) is 0 Å². The lowest BCUT2D eigenvalue weighted by Gasteiger charge is -2.09. The number of nitrogens with one attached hydrogen (secondary N) is 2. The van der Waals surface area contributed by atoms with Gasteiger partial charge in [0.1, 0.15) is 0 Å². The number of amides is 1. The van der Waals surface area contributed by atoms with Gasteiger partial charge in [0.05, 0.1) is 17.4 Å². The molecule has 0 spiro atoms. The minimum absolute atomic E-state index is 0.0718. The number of benzene rings is 2. The van der Waals surface area contributed by atoms with Crippen molar-refractivity contribution in [2.24, 2.45) is 0 Å². The van der Waals surface area contributed by atoms with Gasteiger partial charge in [0.25, 0.3) is 5.91 Å². The van der Waals surface area contributed by atoms with Crippen molar-refractivity contribution in [2.45, 2.75) is 19.9 Å². The van der Waals surface area contributed by atoms with Crippen LogP contribution in [0.25, 0.3) is 11.0 Å². The molecule has 3 aromatic rings. The van der Waals surface area contributed by atoms with Gasteiger partial charge in [0.2, 0.25) is 0 Å². The molecule has 0 bridgehead atoms. The summed E-state index contributed by atoms with van der Waals surface area (Å²) in [6.45, 7) is 2.66. The monoisotopic (exact) mass is 279 g/mol. The summed E-state index contributed by atoms with van der Waals surface area (Å²) in [5, 5.41) is 2.97. The van der Waals surface area contributed by atoms with Crippen molar-refractivity contribution in [3.63, 3.8) is 0 Å². The number of H-pyrrole nitrogens is 1. The van der Waals surface area contributed by atoms with E-state index in [1.807, 2.05) is 24.3 Å². The van der Waals surface area contributed by atoms with Crippen molar-refractivity contribution >= 4 is 16.9 Å². The molecule has 0 fully saturated rings. The average molecular weight is 279 g/mol. The predicted octanol–water partition coefficient (Wildman–Crippen LogP) is 3.06. The summed E-state index contributed by atoms with van der Waals surface area (Å²) in [6.07, 6.45) is 2.59. The van der Waals surface area contributed by atoms with E-state index in [1.54, 1.807) is 12.4 Å². The largest absolute Gasteiger partial charge is 0.348 e. The summed E-state index contributed by atoms with van der Waals surface area (Å²) >= 11 is 0. The Balaban J connectivity index is 1.74. The number of rotatable bonds is 4. The second kappa shape index (κ2) is 5.79. The summed E-state index contributed by atoms with van der Waals surface area (Å²) < 4.78 is 0. The molecule has 2 N–H and O–H groups in total. The second-order valence-electron chi connectivity index (χ2n) is 4.94. The van der Waals surface area contributed by atoms with Gasteiger partial charge in [0, 0.05) is 12.1 Å². The van der Waals surface area contributed by atoms with E-state index < -0.39 is 0 Å². The SMILES string of the molecule is CCc1ccccc1CNC(=O)c1ccc2nc[nH]c2c1. The molecule has 0 radical (unpaired) electrons. The fourth-order valence-electron chi connectivity index (χ4n) is 2.43. The van der Waals surface area contributed by atoms with Crippen molar-refractivity contribution in [3.8, 4) is 0 Å². The van der Waals surface area contributed by atoms with E-state index in [1.165, 1.54) is 5.56 Å². The molecule has 0 unspecified atom stereocenters. The molecule has 0 aliphatic rings. The Morgan fingerprint density at radius 1 is 1.19 bits per heavy atom. The molecule has 2 aromatic carbocycles. The van der Waals surface area contributed by atoms with Crippen LogP contribution in [0, 0.1) is 0 Å². The number of fused-ring (bicyclic) bond motifs is 1. The Morgan fingerprint density at radius 3 is 2.81 bits per heavy atom. The first-order valence-corrected chi connectivity index (χ1v) is 7.06. The molecule has 0 saturated heterocycles. The Bertz CT molecular complexity index is 776. The third kappa shape index (κ3) is 2.79. The quantitative estimate of drug-likeness (QED) is 0.771. The summed E-state index contributed by atoms with van der Waals surface area (Å²) in [5.74, 6) is -0.0718. The lowest BCUT2D eigenvalue weighted by molar-refractivity contribution is 0.0951. The van der Waals surface area contributed by atoms with Crippen molar-refractivity contribution in [1.29, 1.82) is 0 Å². The van der Waals surface area contributed by atoms with Gasteiger partial charge in [-0.25, -0.2) is 4.98 Å². The lowest BCUT2D eigenvalue weighted by Crippen LogP contribution is -2.23. The van der Waals surface area contributed by atoms with E-state index in [0.29, 0.717) is 12.1 Å². The Morgan fingerprint density at radius 2 is 2.00 bits per heavy atom. The van der Waals surface area contributed by atoms with E-state index in [9.17, 15) is 4.79 Å². The van der Waals surface area contributed by atoms with E-state index in [0.717, 1.165) is 23.0 Å². The maximum Gasteiger partial charge on any atom is 0.251 e. The van der Waals surface area contributed by atoms with Crippen molar-refractivity contribution < 1.29 is 4.79 Å². The number of aryl methyl sites for hydroxylation is 1. The summed E-state index contributed by atoms with van der Waals surface area (Å²) in [5.41, 5.74) is 4.80. The molecule has 4 heteroatoms. The van der Waals surface area contributed by atoms with Crippen LogP contribution in [0.15, 0.2) is 48.8 Å². The number of nitrogens with zero attached hydrogens (tertiary/aromatic N) is 1. The number of carbonyl (C=O) groups excluding carboxylic acids is 1. The molecule has 0 atom stereocenters. The van der Waals surface area contributed by atoms with Gasteiger partial charge in [0.15, 0.2) is 0 Å². The minimum atomic E-state index is -0.0718. The third-order valence-electron chi connectivity index (χ3n) is 3.62. The number of aromatic amines is 1. The molecular weight excluding hydrogens is 262 g/mol. The number of aromatic nitrogens is 2. The van der Waals surface area contributed by atoms with Gasteiger partial charge in [-0.1, -0.05) is 31.2 Å². The highest BCUT2D eigenvalue weighted by Crippen LogP contribution is 2.13. The zero-order valence-electron chi connectivity index (χ0n) is 11.9. The van der Waals surface area contributed by atoms with E-state index in [2.05, 4.69) is 34.3 Å². The third-order valence-corrected chi connectivity index (χ3v) is 3.62. The number of hydrogen-bond acceptors (Lipinski definition) is 2. The molecule has 1 amide bonds. The van der Waals surface area contributed by atoms with Crippen LogP contribution in [0.4, 0.5) is 0 Å². The zero-order valence-corrected chi connectivity index (χ0v) is 11.9. The van der Waals surface area contributed by atoms with Gasteiger partial charge in [-0.05, 0) is 35.7 Å². The van der Waals surface area contributed by atoms with Crippen LogP contribution in [0.3, 0.4) is 0 Å². The standard InChI is InChI=1S/C17H17N3O/c1-2-12-5-3-4-6-14(12)10-18-17(21)13-7-8-15-16(9-13)20-11-19-15/h3-9,11H,2,10H2,1H3,(H,18,21)(H,19,20). The Hall–Kier alpha value is -2.62. The van der Waals surface area contributed by atoms with Crippen LogP contribution >= 0.6 is 0 Å². The summed E-state index contributed by atoms with van der Waals surface area (Å²) in [7, 11) is 0. The number of carbonyl (C=O) groups is 1. The van der Waals surface area contributed by atoms with Crippen molar-refractivity contribution in [3.05, 3.63) is 65.5 Å². The highest BCUT2D eigenvalue weighted by molar-refractivity contribution is 5.97. The lowest BCUT2D eigenvalue weighted by atomic mass is 10.1. The predicted molar refractivity (Wildman–Crippen MR) is 83.1 cm³/mol. The maximum atomic E-state index is 12.2. The van der Waals surface area contributed by atoms with Gasteiger partial charge in [-0.3, -0.25) is 4.79 Å². The number of imidazole rings is 1. The normalized spacial score (nSPS) is 10.7. The first kappa shape index (κ1) is 13.4. The number of hydrogen-bond donors (Lipinski definition) is 2. The fourth-order valence-corrected chi connectivity index (χ4v) is 2.43. The molecule has 0 saturated carbocycles. The summed E-state index contributed by atoms with van der Waals surface area (Å²) in [4.78, 5) is 19.4. The highest BCUT2D eigenvalue weighted by Gasteiger charge is 2.08. The van der Waals surface area contributed by atoms with E-state index in [4.69, 9.17) is 0 Å². The van der Waals surface area contributed by atoms with Crippen LogP contribution in [0.1, 0.15) is 28.4 Å². The van der Waals surface area contributed by atoms with Gasteiger partial charge >= 0.3 is 0 Å². The van der Waals surface area contributed by atoms with Gasteiger partial charge in [-0.15, -0.1) is 0 Å². The second-order valence-corrected chi connectivity index (χ2v) is 4.94. The van der Waals surface area contributed by atoms with Gasteiger partial charge < -0.3 is 10.3 Å². The molecular formula is C17H17N3O.